The van der Waals surface area contributed by atoms with Crippen LogP contribution in [0.4, 0.5) is 0 Å². The summed E-state index contributed by atoms with van der Waals surface area (Å²) < 4.78 is 26.2. The first-order valence-electron chi connectivity index (χ1n) is 8.00. The molecule has 0 saturated carbocycles. The number of hydrogen-bond donors (Lipinski definition) is 2. The van der Waals surface area contributed by atoms with Gasteiger partial charge < -0.3 is 5.32 Å². The fourth-order valence-electron chi connectivity index (χ4n) is 2.09. The summed E-state index contributed by atoms with van der Waals surface area (Å²) in [6.07, 6.45) is 1.61. The standard InChI is InChI=1S/C19H22N2O3S/c1-16-7-9-17(10-8-16)12-14-25(23,24)21-13-11-19(22)20-15-18-5-3-2-4-6-18/h2-10,12,14,21H,11,13,15H2,1H3,(H,20,22)/b14-12+. The fourth-order valence-corrected chi connectivity index (χ4v) is 2.90. The maximum Gasteiger partial charge on any atom is 0.233 e. The van der Waals surface area contributed by atoms with E-state index in [1.807, 2.05) is 61.5 Å². The topological polar surface area (TPSA) is 75.3 Å². The van der Waals surface area contributed by atoms with Crippen molar-refractivity contribution in [2.24, 2.45) is 0 Å². The van der Waals surface area contributed by atoms with Gasteiger partial charge in [-0.3, -0.25) is 4.79 Å². The largest absolute Gasteiger partial charge is 0.352 e. The lowest BCUT2D eigenvalue weighted by Crippen LogP contribution is -2.29. The molecule has 0 bridgehead atoms. The summed E-state index contributed by atoms with van der Waals surface area (Å²) in [5.74, 6) is -0.200. The van der Waals surface area contributed by atoms with Crippen molar-refractivity contribution in [1.29, 1.82) is 0 Å². The van der Waals surface area contributed by atoms with Gasteiger partial charge in [0.05, 0.1) is 0 Å². The lowest BCUT2D eigenvalue weighted by molar-refractivity contribution is -0.121. The highest BCUT2D eigenvalue weighted by molar-refractivity contribution is 7.92. The zero-order chi connectivity index (χ0) is 18.1. The molecule has 0 atom stereocenters. The van der Waals surface area contributed by atoms with Gasteiger partial charge in [0.25, 0.3) is 0 Å². The molecule has 0 aliphatic rings. The van der Waals surface area contributed by atoms with Crippen LogP contribution in [0.2, 0.25) is 0 Å². The molecular weight excluding hydrogens is 336 g/mol. The monoisotopic (exact) mass is 358 g/mol. The SMILES string of the molecule is Cc1ccc(/C=C/S(=O)(=O)NCCC(=O)NCc2ccccc2)cc1. The van der Waals surface area contributed by atoms with Gasteiger partial charge in [-0.1, -0.05) is 60.2 Å². The highest BCUT2D eigenvalue weighted by Crippen LogP contribution is 2.06. The van der Waals surface area contributed by atoms with Crippen LogP contribution < -0.4 is 10.0 Å². The third-order valence-corrected chi connectivity index (χ3v) is 4.61. The molecule has 2 rings (SSSR count). The Morgan fingerprint density at radius 1 is 1.04 bits per heavy atom. The molecule has 132 valence electrons. The second kappa shape index (κ2) is 9.15. The Morgan fingerprint density at radius 3 is 2.40 bits per heavy atom. The van der Waals surface area contributed by atoms with Crippen molar-refractivity contribution >= 4 is 22.0 Å². The molecule has 25 heavy (non-hydrogen) atoms. The van der Waals surface area contributed by atoms with E-state index in [1.165, 1.54) is 6.08 Å². The Morgan fingerprint density at radius 2 is 1.72 bits per heavy atom. The fraction of sp³-hybridized carbons (Fsp3) is 0.211. The molecule has 2 aromatic rings. The van der Waals surface area contributed by atoms with Crippen molar-refractivity contribution < 1.29 is 13.2 Å². The highest BCUT2D eigenvalue weighted by Gasteiger charge is 2.07. The number of carbonyl (C=O) groups excluding carboxylic acids is 1. The van der Waals surface area contributed by atoms with E-state index >= 15 is 0 Å². The van der Waals surface area contributed by atoms with Crippen molar-refractivity contribution in [3.05, 3.63) is 76.7 Å². The molecular formula is C19H22N2O3S. The van der Waals surface area contributed by atoms with Gasteiger partial charge in [-0.25, -0.2) is 13.1 Å². The Bertz CT molecular complexity index is 814. The van der Waals surface area contributed by atoms with E-state index in [4.69, 9.17) is 0 Å². The molecule has 0 unspecified atom stereocenters. The van der Waals surface area contributed by atoms with Gasteiger partial charge in [-0.2, -0.15) is 0 Å². The molecule has 0 spiro atoms. The number of carbonyl (C=O) groups is 1. The van der Waals surface area contributed by atoms with E-state index in [9.17, 15) is 13.2 Å². The summed E-state index contributed by atoms with van der Waals surface area (Å²) in [6, 6.07) is 17.1. The number of aryl methyl sites for hydroxylation is 1. The molecule has 1 amide bonds. The van der Waals surface area contributed by atoms with Gasteiger partial charge in [0, 0.05) is 24.9 Å². The van der Waals surface area contributed by atoms with Crippen molar-refractivity contribution in [1.82, 2.24) is 10.0 Å². The van der Waals surface area contributed by atoms with Crippen LogP contribution in [-0.4, -0.2) is 20.9 Å². The van der Waals surface area contributed by atoms with E-state index in [1.54, 1.807) is 0 Å². The van der Waals surface area contributed by atoms with Crippen molar-refractivity contribution in [3.63, 3.8) is 0 Å². The average Bonchev–Trinajstić information content (AvgIpc) is 2.60. The van der Waals surface area contributed by atoms with E-state index < -0.39 is 10.0 Å². The lowest BCUT2D eigenvalue weighted by Gasteiger charge is -2.06. The van der Waals surface area contributed by atoms with Crippen LogP contribution in [0.25, 0.3) is 6.08 Å². The lowest BCUT2D eigenvalue weighted by atomic mass is 10.2. The summed E-state index contributed by atoms with van der Waals surface area (Å²) in [5, 5.41) is 3.87. The molecule has 0 radical (unpaired) electrons. The van der Waals surface area contributed by atoms with Crippen LogP contribution in [-0.2, 0) is 21.4 Å². The maximum absolute atomic E-state index is 11.9. The molecule has 0 fully saturated rings. The van der Waals surface area contributed by atoms with Crippen molar-refractivity contribution in [2.75, 3.05) is 6.54 Å². The van der Waals surface area contributed by atoms with Crippen molar-refractivity contribution in [2.45, 2.75) is 19.9 Å². The van der Waals surface area contributed by atoms with Crippen molar-refractivity contribution in [3.8, 4) is 0 Å². The number of nitrogens with one attached hydrogen (secondary N) is 2. The zero-order valence-electron chi connectivity index (χ0n) is 14.1. The summed E-state index contributed by atoms with van der Waals surface area (Å²) in [7, 11) is -3.56. The minimum Gasteiger partial charge on any atom is -0.352 e. The summed E-state index contributed by atoms with van der Waals surface area (Å²) in [4.78, 5) is 11.7. The maximum atomic E-state index is 11.9. The molecule has 5 nitrogen and oxygen atoms in total. The number of hydrogen-bond acceptors (Lipinski definition) is 3. The Hall–Kier alpha value is -2.44. The van der Waals surface area contributed by atoms with E-state index in [0.717, 1.165) is 22.1 Å². The van der Waals surface area contributed by atoms with Gasteiger partial charge >= 0.3 is 0 Å². The third kappa shape index (κ3) is 7.32. The quantitative estimate of drug-likeness (QED) is 0.762. The minimum atomic E-state index is -3.56. The third-order valence-electron chi connectivity index (χ3n) is 3.50. The summed E-state index contributed by atoms with van der Waals surface area (Å²) in [6.45, 7) is 2.45. The number of benzene rings is 2. The van der Waals surface area contributed by atoms with Crippen LogP contribution in [0.1, 0.15) is 23.1 Å². The normalized spacial score (nSPS) is 11.6. The molecule has 0 aliphatic heterocycles. The first-order chi connectivity index (χ1) is 11.9. The molecule has 6 heteroatoms. The van der Waals surface area contributed by atoms with Gasteiger partial charge in [0.1, 0.15) is 0 Å². The zero-order valence-corrected chi connectivity index (χ0v) is 14.9. The Labute approximate surface area is 148 Å². The highest BCUT2D eigenvalue weighted by atomic mass is 32.2. The van der Waals surface area contributed by atoms with Crippen LogP contribution in [0.3, 0.4) is 0 Å². The van der Waals surface area contributed by atoms with Gasteiger partial charge in [-0.05, 0) is 24.1 Å². The van der Waals surface area contributed by atoms with Gasteiger partial charge in [0.2, 0.25) is 15.9 Å². The van der Waals surface area contributed by atoms with Crippen LogP contribution >= 0.6 is 0 Å². The van der Waals surface area contributed by atoms with Crippen LogP contribution in [0.5, 0.6) is 0 Å². The Balaban J connectivity index is 1.74. The van der Waals surface area contributed by atoms with E-state index in [-0.39, 0.29) is 18.9 Å². The molecule has 2 N–H and O–H groups in total. The van der Waals surface area contributed by atoms with E-state index in [0.29, 0.717) is 6.54 Å². The number of rotatable bonds is 8. The van der Waals surface area contributed by atoms with Gasteiger partial charge in [0.15, 0.2) is 0 Å². The first-order valence-corrected chi connectivity index (χ1v) is 9.54. The summed E-state index contributed by atoms with van der Waals surface area (Å²) in [5.41, 5.74) is 2.91. The van der Waals surface area contributed by atoms with Crippen LogP contribution in [0.15, 0.2) is 60.0 Å². The predicted molar refractivity (Wildman–Crippen MR) is 100 cm³/mol. The van der Waals surface area contributed by atoms with Gasteiger partial charge in [-0.15, -0.1) is 0 Å². The number of sulfonamides is 1. The molecule has 0 aromatic heterocycles. The smallest absolute Gasteiger partial charge is 0.233 e. The molecule has 0 heterocycles. The van der Waals surface area contributed by atoms with E-state index in [2.05, 4.69) is 10.0 Å². The first kappa shape index (κ1) is 18.9. The minimum absolute atomic E-state index is 0.0567. The number of amides is 1. The molecule has 2 aromatic carbocycles. The predicted octanol–water partition coefficient (Wildman–Crippen LogP) is 2.59. The molecule has 0 saturated heterocycles. The Kier molecular flexibility index (Phi) is 6.91. The average molecular weight is 358 g/mol. The van der Waals surface area contributed by atoms with Crippen LogP contribution in [0, 0.1) is 6.92 Å². The summed E-state index contributed by atoms with van der Waals surface area (Å²) >= 11 is 0. The second-order valence-corrected chi connectivity index (χ2v) is 7.32. The second-order valence-electron chi connectivity index (χ2n) is 5.67. The molecule has 0 aliphatic carbocycles.